The van der Waals surface area contributed by atoms with Gasteiger partial charge in [0.25, 0.3) is 5.69 Å². The van der Waals surface area contributed by atoms with Crippen molar-refractivity contribution >= 4 is 30.8 Å². The van der Waals surface area contributed by atoms with Crippen LogP contribution in [0.15, 0.2) is 176 Å². The minimum absolute atomic E-state index is 0.0563. The van der Waals surface area contributed by atoms with Gasteiger partial charge in [-0.3, -0.25) is 10.1 Å². The summed E-state index contributed by atoms with van der Waals surface area (Å²) in [4.78, 5) is 25.1. The van der Waals surface area contributed by atoms with Crippen molar-refractivity contribution in [3.63, 3.8) is 0 Å². The highest BCUT2D eigenvalue weighted by Crippen LogP contribution is 2.28. The zero-order valence-corrected chi connectivity index (χ0v) is 34.6. The van der Waals surface area contributed by atoms with Crippen molar-refractivity contribution in [2.75, 3.05) is 6.61 Å². The van der Waals surface area contributed by atoms with Gasteiger partial charge in [0, 0.05) is 12.1 Å². The van der Waals surface area contributed by atoms with Crippen molar-refractivity contribution in [1.29, 1.82) is 0 Å². The van der Waals surface area contributed by atoms with Gasteiger partial charge in [-0.2, -0.15) is 0 Å². The lowest BCUT2D eigenvalue weighted by molar-refractivity contribution is -0.384. The number of nitro groups is 1. The molecule has 1 radical (unpaired) electrons. The van der Waals surface area contributed by atoms with Gasteiger partial charge in [0.15, 0.2) is 14.9 Å². The van der Waals surface area contributed by atoms with Crippen LogP contribution in [0.2, 0.25) is 0 Å². The molecule has 4 atom stereocenters. The van der Waals surface area contributed by atoms with Gasteiger partial charge in [-0.15, -0.1) is 0 Å². The molecule has 0 aliphatic carbocycles. The van der Waals surface area contributed by atoms with Gasteiger partial charge >= 0.3 is 5.97 Å². The Bertz CT molecular complexity index is 2110. The van der Waals surface area contributed by atoms with Crippen molar-refractivity contribution in [2.24, 2.45) is 0 Å². The maximum absolute atomic E-state index is 14.2. The molecule has 0 aliphatic rings. The molecular formula is C49H50NO8Si. The van der Waals surface area contributed by atoms with Crippen LogP contribution in [0.5, 0.6) is 0 Å². The highest BCUT2D eigenvalue weighted by Gasteiger charge is 2.46. The summed E-state index contributed by atoms with van der Waals surface area (Å²) in [6.07, 6.45) is -2.81. The minimum Gasteiger partial charge on any atom is -0.453 e. The first kappa shape index (κ1) is 42.8. The molecule has 9 nitrogen and oxygen atoms in total. The molecule has 0 aromatic heterocycles. The van der Waals surface area contributed by atoms with Gasteiger partial charge in [0.2, 0.25) is 0 Å². The van der Waals surface area contributed by atoms with E-state index in [0.29, 0.717) is 0 Å². The molecule has 1 unspecified atom stereocenters. The Kier molecular flexibility index (Phi) is 15.5. The van der Waals surface area contributed by atoms with E-state index in [2.05, 4.69) is 24.3 Å². The first-order valence-corrected chi connectivity index (χ1v) is 21.3. The number of non-ortho nitro benzene ring substituents is 1. The normalized spacial score (nSPS) is 13.6. The van der Waals surface area contributed by atoms with E-state index in [1.807, 2.05) is 148 Å². The Labute approximate surface area is 348 Å². The second kappa shape index (κ2) is 21.3. The van der Waals surface area contributed by atoms with E-state index in [1.165, 1.54) is 24.3 Å². The first-order chi connectivity index (χ1) is 28.6. The van der Waals surface area contributed by atoms with Crippen LogP contribution in [0.4, 0.5) is 5.69 Å². The largest absolute Gasteiger partial charge is 0.453 e. The Morgan fingerprint density at radius 3 is 1.46 bits per heavy atom. The Morgan fingerprint density at radius 1 is 0.593 bits per heavy atom. The maximum Gasteiger partial charge on any atom is 0.338 e. The van der Waals surface area contributed by atoms with E-state index >= 15 is 0 Å². The molecule has 0 aliphatic heterocycles. The highest BCUT2D eigenvalue weighted by atomic mass is 28.3. The van der Waals surface area contributed by atoms with Crippen LogP contribution < -0.4 is 10.4 Å². The number of carbonyl (C=O) groups excluding carboxylic acids is 1. The van der Waals surface area contributed by atoms with Gasteiger partial charge in [-0.1, -0.05) is 162 Å². The zero-order chi connectivity index (χ0) is 41.5. The third-order valence-electron chi connectivity index (χ3n) is 9.46. The van der Waals surface area contributed by atoms with Crippen molar-refractivity contribution in [3.8, 4) is 0 Å². The number of benzene rings is 6. The molecule has 6 rings (SSSR count). The summed E-state index contributed by atoms with van der Waals surface area (Å²) >= 11 is 0. The van der Waals surface area contributed by atoms with Crippen LogP contribution in [0.3, 0.4) is 0 Å². The molecule has 0 N–H and O–H groups in total. The Hall–Kier alpha value is -5.75. The summed E-state index contributed by atoms with van der Waals surface area (Å²) in [5.41, 5.74) is 1.56. The molecular weight excluding hydrogens is 759 g/mol. The van der Waals surface area contributed by atoms with Crippen LogP contribution >= 0.6 is 0 Å². The Balaban J connectivity index is 1.50. The summed E-state index contributed by atoms with van der Waals surface area (Å²) in [5, 5.41) is 13.7. The van der Waals surface area contributed by atoms with Gasteiger partial charge in [0.05, 0.1) is 48.2 Å². The predicted octanol–water partition coefficient (Wildman–Crippen LogP) is 8.54. The summed E-state index contributed by atoms with van der Waals surface area (Å²) in [6, 6.07) is 55.5. The van der Waals surface area contributed by atoms with Crippen LogP contribution in [-0.2, 0) is 43.5 Å². The molecule has 0 heterocycles. The molecule has 6 aromatic rings. The second-order valence-corrected chi connectivity index (χ2v) is 17.6. The van der Waals surface area contributed by atoms with Gasteiger partial charge in [-0.25, -0.2) is 4.79 Å². The van der Waals surface area contributed by atoms with E-state index in [4.69, 9.17) is 23.7 Å². The minimum atomic E-state index is -1.86. The summed E-state index contributed by atoms with van der Waals surface area (Å²) in [5.74, 6) is -0.687. The molecule has 0 fully saturated rings. The topological polar surface area (TPSA) is 106 Å². The van der Waals surface area contributed by atoms with E-state index < -0.39 is 49.3 Å². The standard InChI is InChI=1S/C49H50NO8Si/c1-49(2,3)58-48(59(42-25-15-7-16-26-42)43-27-17-8-18-28-43)46(56-35-39-23-13-6-14-24-39)45(55-34-38-21-11-5-12-22-38)44(36-54-33-37-19-9-4-10-20-37)57-47(51)40-29-31-41(32-30-40)50(52)53/h4-32,44-46,48H,33-36H2,1-3H3/t44-,45+,46+,48?/m0/s1. The quantitative estimate of drug-likeness (QED) is 0.0327. The lowest BCUT2D eigenvalue weighted by Gasteiger charge is -2.42. The molecule has 0 saturated heterocycles. The maximum atomic E-state index is 14.2. The second-order valence-electron chi connectivity index (χ2n) is 15.1. The number of rotatable bonds is 20. The fraction of sp³-hybridized carbons (Fsp3) is 0.245. The molecule has 0 bridgehead atoms. The fourth-order valence-corrected chi connectivity index (χ4v) is 9.87. The van der Waals surface area contributed by atoms with Crippen LogP contribution in [0.1, 0.15) is 47.8 Å². The van der Waals surface area contributed by atoms with Crippen molar-refractivity contribution in [3.05, 3.63) is 208 Å². The Morgan fingerprint density at radius 2 is 1.02 bits per heavy atom. The van der Waals surface area contributed by atoms with Crippen molar-refractivity contribution in [2.45, 2.75) is 70.2 Å². The number of carbonyl (C=O) groups is 1. The number of nitro benzene ring substituents is 1. The molecule has 10 heteroatoms. The van der Waals surface area contributed by atoms with Crippen molar-refractivity contribution < 1.29 is 33.4 Å². The van der Waals surface area contributed by atoms with Crippen LogP contribution in [-0.4, -0.2) is 55.9 Å². The SMILES string of the molecule is CC(C)(C)OC([C@H](OCc1ccccc1)[C@H](OCc1ccccc1)[C@H](COCc1ccccc1)OC(=O)c1ccc([N+](=O)[O-])cc1)[Si](c1ccccc1)c1ccccc1. The number of ether oxygens (including phenoxy) is 5. The fourth-order valence-electron chi connectivity index (χ4n) is 6.69. The smallest absolute Gasteiger partial charge is 0.338 e. The number of hydrogen-bond acceptors (Lipinski definition) is 8. The molecule has 303 valence electrons. The number of hydrogen-bond donors (Lipinski definition) is 0. The third-order valence-corrected chi connectivity index (χ3v) is 12.4. The predicted molar refractivity (Wildman–Crippen MR) is 231 cm³/mol. The van der Waals surface area contributed by atoms with E-state index in [-0.39, 0.29) is 37.7 Å². The molecule has 0 amide bonds. The molecule has 6 aromatic carbocycles. The van der Waals surface area contributed by atoms with E-state index in [9.17, 15) is 14.9 Å². The molecule has 59 heavy (non-hydrogen) atoms. The first-order valence-electron chi connectivity index (χ1n) is 19.7. The van der Waals surface area contributed by atoms with E-state index in [1.54, 1.807) is 0 Å². The van der Waals surface area contributed by atoms with Crippen LogP contribution in [0.25, 0.3) is 0 Å². The average Bonchev–Trinajstić information content (AvgIpc) is 3.26. The number of esters is 1. The molecule has 0 spiro atoms. The summed E-state index contributed by atoms with van der Waals surface area (Å²) < 4.78 is 34.2. The lowest BCUT2D eigenvalue weighted by atomic mass is 10.1. The average molecular weight is 809 g/mol. The van der Waals surface area contributed by atoms with Gasteiger partial charge in [-0.05, 0) is 49.6 Å². The highest BCUT2D eigenvalue weighted by molar-refractivity contribution is 6.86. The summed E-state index contributed by atoms with van der Waals surface area (Å²) in [6.45, 7) is 6.66. The van der Waals surface area contributed by atoms with Crippen LogP contribution in [0, 0.1) is 10.1 Å². The van der Waals surface area contributed by atoms with Crippen molar-refractivity contribution in [1.82, 2.24) is 0 Å². The van der Waals surface area contributed by atoms with E-state index in [0.717, 1.165) is 27.1 Å². The lowest BCUT2D eigenvalue weighted by Crippen LogP contribution is -2.64. The summed E-state index contributed by atoms with van der Waals surface area (Å²) in [7, 11) is -1.86. The number of nitrogens with zero attached hydrogens (tertiary/aromatic N) is 1. The van der Waals surface area contributed by atoms with Gasteiger partial charge < -0.3 is 23.7 Å². The zero-order valence-electron chi connectivity index (χ0n) is 33.6. The van der Waals surface area contributed by atoms with Gasteiger partial charge in [0.1, 0.15) is 12.2 Å². The monoisotopic (exact) mass is 808 g/mol. The third kappa shape index (κ3) is 12.9. The molecule has 0 saturated carbocycles.